The summed E-state index contributed by atoms with van der Waals surface area (Å²) in [6, 6.07) is 3.34. The Bertz CT molecular complexity index is 385. The summed E-state index contributed by atoms with van der Waals surface area (Å²) in [6.07, 6.45) is 0. The van der Waals surface area contributed by atoms with Gasteiger partial charge in [0, 0.05) is 15.5 Å². The van der Waals surface area contributed by atoms with Crippen LogP contribution in [0.5, 0.6) is 0 Å². The monoisotopic (exact) mass is 264 g/mol. The molecular weight excluding hydrogens is 262 g/mol. The summed E-state index contributed by atoms with van der Waals surface area (Å²) in [5.41, 5.74) is -0.330. The average Bonchev–Trinajstić information content (AvgIpc) is 2.04. The van der Waals surface area contributed by atoms with E-state index in [1.54, 1.807) is 0 Å². The third-order valence-electron chi connectivity index (χ3n) is 1.35. The normalized spacial score (nSPS) is 10.8. The van der Waals surface area contributed by atoms with Gasteiger partial charge in [-0.25, -0.2) is 0 Å². The maximum Gasteiger partial charge on any atom is 1.00 e. The Morgan fingerprint density at radius 3 is 2.27 bits per heavy atom. The van der Waals surface area contributed by atoms with Gasteiger partial charge in [0.05, 0.1) is 5.97 Å². The molecule has 4 nitrogen and oxygen atoms in total. The van der Waals surface area contributed by atoms with Crippen LogP contribution in [0.25, 0.3) is 0 Å². The average molecular weight is 265 g/mol. The van der Waals surface area contributed by atoms with E-state index >= 15 is 0 Å². The van der Waals surface area contributed by atoms with Crippen molar-refractivity contribution in [2.24, 2.45) is 0 Å². The Morgan fingerprint density at radius 1 is 1.33 bits per heavy atom. The van der Waals surface area contributed by atoms with E-state index in [1.807, 2.05) is 0 Å². The number of carboxylic acid groups (broad SMARTS) is 1. The molecule has 1 rings (SSSR count). The van der Waals surface area contributed by atoms with E-state index in [0.717, 1.165) is 6.07 Å². The van der Waals surface area contributed by atoms with Gasteiger partial charge in [0.2, 0.25) is 0 Å². The third kappa shape index (κ3) is 5.30. The van der Waals surface area contributed by atoms with Gasteiger partial charge in [-0.1, -0.05) is 11.6 Å². The molecule has 1 unspecified atom stereocenters. The van der Waals surface area contributed by atoms with E-state index in [-0.39, 0.29) is 74.6 Å². The first-order valence-corrected chi connectivity index (χ1v) is 4.58. The van der Waals surface area contributed by atoms with Gasteiger partial charge in [-0.2, -0.15) is 0 Å². The van der Waals surface area contributed by atoms with E-state index < -0.39 is 17.0 Å². The number of hydrogen-bond acceptors (Lipinski definition) is 4. The van der Waals surface area contributed by atoms with Gasteiger partial charge < -0.3 is 14.5 Å². The minimum Gasteiger partial charge on any atom is -0.768 e. The molecule has 0 fully saturated rings. The van der Waals surface area contributed by atoms with Crippen molar-refractivity contribution < 1.29 is 77.8 Å². The molecule has 1 aromatic carbocycles. The molecule has 70 valence electrons. The number of carbonyl (C=O) groups excluding carboxylic acids is 1. The minimum absolute atomic E-state index is 0. The van der Waals surface area contributed by atoms with Crippen LogP contribution >= 0.6 is 11.6 Å². The molecule has 0 aliphatic rings. The van der Waals surface area contributed by atoms with Crippen LogP contribution in [0.4, 0.5) is 0 Å². The smallest absolute Gasteiger partial charge is 0.768 e. The van der Waals surface area contributed by atoms with Crippen molar-refractivity contribution in [1.82, 2.24) is 0 Å². The van der Waals surface area contributed by atoms with Crippen LogP contribution < -0.4 is 64.2 Å². The number of aromatic carboxylic acids is 1. The fraction of sp³-hybridized carbons (Fsp3) is 0. The van der Waals surface area contributed by atoms with Crippen LogP contribution in [-0.2, 0) is 11.1 Å². The predicted octanol–water partition coefficient (Wildman–Crippen LogP) is -6.05. The molecule has 0 aromatic heterocycles. The van der Waals surface area contributed by atoms with E-state index in [0.29, 0.717) is 0 Å². The standard InChI is InChI=1S/C7H5ClO4S.2Na/c8-6-2-1-4(13(11)12)3-5(6)7(9)10;;/h1-3H,(H,9,10)(H,11,12);;/q;2*+1/p-2. The van der Waals surface area contributed by atoms with Gasteiger partial charge in [0.15, 0.2) is 0 Å². The minimum atomic E-state index is -2.46. The molecule has 0 bridgehead atoms. The first-order chi connectivity index (χ1) is 6.02. The molecule has 0 saturated carbocycles. The molecule has 0 N–H and O–H groups in total. The molecule has 15 heavy (non-hydrogen) atoms. The molecule has 0 amide bonds. The van der Waals surface area contributed by atoms with Crippen molar-refractivity contribution in [3.63, 3.8) is 0 Å². The van der Waals surface area contributed by atoms with Crippen LogP contribution in [0.2, 0.25) is 5.02 Å². The summed E-state index contributed by atoms with van der Waals surface area (Å²) in [5.74, 6) is -1.50. The third-order valence-corrected chi connectivity index (χ3v) is 2.32. The summed E-state index contributed by atoms with van der Waals surface area (Å²) in [7, 11) is 0. The fourth-order valence-corrected chi connectivity index (χ4v) is 1.35. The number of benzene rings is 1. The molecule has 1 aromatic rings. The summed E-state index contributed by atoms with van der Waals surface area (Å²) in [4.78, 5) is 10.3. The molecule has 0 aliphatic heterocycles. The first kappa shape index (κ1) is 18.5. The molecule has 8 heteroatoms. The van der Waals surface area contributed by atoms with E-state index in [9.17, 15) is 18.7 Å². The summed E-state index contributed by atoms with van der Waals surface area (Å²) in [6.45, 7) is 0. The Balaban J connectivity index is 0. The fourth-order valence-electron chi connectivity index (χ4n) is 0.764. The zero-order valence-corrected chi connectivity index (χ0v) is 13.7. The maximum atomic E-state index is 10.4. The van der Waals surface area contributed by atoms with Crippen molar-refractivity contribution in [2.75, 3.05) is 0 Å². The molecule has 0 saturated heterocycles. The topological polar surface area (TPSA) is 80.3 Å². The van der Waals surface area contributed by atoms with Gasteiger partial charge in [-0.3, -0.25) is 4.21 Å². The number of rotatable bonds is 2. The van der Waals surface area contributed by atoms with E-state index in [1.165, 1.54) is 12.1 Å². The van der Waals surface area contributed by atoms with Crippen molar-refractivity contribution in [3.05, 3.63) is 28.8 Å². The molecule has 0 radical (unpaired) electrons. The number of carboxylic acids is 1. The zero-order chi connectivity index (χ0) is 10.0. The van der Waals surface area contributed by atoms with Crippen LogP contribution in [0.3, 0.4) is 0 Å². The molecule has 0 aliphatic carbocycles. The van der Waals surface area contributed by atoms with Crippen molar-refractivity contribution in [1.29, 1.82) is 0 Å². The van der Waals surface area contributed by atoms with Gasteiger partial charge >= 0.3 is 59.1 Å². The second kappa shape index (κ2) is 8.22. The Hall–Kier alpha value is 1.09. The van der Waals surface area contributed by atoms with E-state index in [2.05, 4.69) is 0 Å². The predicted molar refractivity (Wildman–Crippen MR) is 43.0 cm³/mol. The number of halogens is 1. The van der Waals surface area contributed by atoms with Crippen molar-refractivity contribution in [3.8, 4) is 0 Å². The second-order valence-corrected chi connectivity index (χ2v) is 3.51. The van der Waals surface area contributed by atoms with Gasteiger partial charge in [0.25, 0.3) is 0 Å². The number of hydrogen-bond donors (Lipinski definition) is 0. The van der Waals surface area contributed by atoms with Crippen molar-refractivity contribution >= 4 is 28.7 Å². The first-order valence-electron chi connectivity index (χ1n) is 3.12. The van der Waals surface area contributed by atoms with Crippen LogP contribution in [0.15, 0.2) is 23.1 Å². The van der Waals surface area contributed by atoms with Gasteiger partial charge in [-0.15, -0.1) is 0 Å². The maximum absolute atomic E-state index is 10.4. The van der Waals surface area contributed by atoms with E-state index in [4.69, 9.17) is 11.6 Å². The van der Waals surface area contributed by atoms with Crippen LogP contribution in [0, 0.1) is 0 Å². The van der Waals surface area contributed by atoms with Gasteiger partial charge in [-0.05, 0) is 29.3 Å². The molecule has 0 heterocycles. The summed E-state index contributed by atoms with van der Waals surface area (Å²) in [5, 5.41) is 10.4. The van der Waals surface area contributed by atoms with Crippen molar-refractivity contribution in [2.45, 2.75) is 4.90 Å². The zero-order valence-electron chi connectivity index (χ0n) is 8.15. The molecule has 0 spiro atoms. The largest absolute Gasteiger partial charge is 1.00 e. The van der Waals surface area contributed by atoms with Crippen LogP contribution in [0.1, 0.15) is 10.4 Å². The summed E-state index contributed by atoms with van der Waals surface area (Å²) >= 11 is 3.01. The quantitative estimate of drug-likeness (QED) is 0.393. The molecular formula is C7H3ClNa2O4S. The summed E-state index contributed by atoms with van der Waals surface area (Å²) < 4.78 is 20.9. The van der Waals surface area contributed by atoms with Crippen LogP contribution in [-0.4, -0.2) is 14.7 Å². The number of carbonyl (C=O) groups is 1. The second-order valence-electron chi connectivity index (χ2n) is 2.16. The SMILES string of the molecule is O=C([O-])c1cc(S(=O)[O-])ccc1Cl.[Na+].[Na+]. The molecule has 1 atom stereocenters. The Morgan fingerprint density at radius 2 is 1.87 bits per heavy atom. The Labute approximate surface area is 138 Å². The Kier molecular flexibility index (Phi) is 10.1. The van der Waals surface area contributed by atoms with Gasteiger partial charge in [0.1, 0.15) is 0 Å².